The minimum atomic E-state index is 0.539. The first-order valence-electron chi connectivity index (χ1n) is 5.75. The molecule has 0 nitrogen and oxygen atoms in total. The lowest BCUT2D eigenvalue weighted by atomic mass is 9.96. The molecule has 1 unspecified atom stereocenters. The van der Waals surface area contributed by atoms with Gasteiger partial charge in [-0.3, -0.25) is 0 Å². The van der Waals surface area contributed by atoms with Gasteiger partial charge in [-0.1, -0.05) is 46.5 Å². The molecule has 0 fully saturated rings. The SMILES string of the molecule is C[C](C#CC(C)CC(C)C)CC(C)C. The van der Waals surface area contributed by atoms with Gasteiger partial charge in [0.2, 0.25) is 0 Å². The van der Waals surface area contributed by atoms with Crippen LogP contribution >= 0.6 is 0 Å². The molecular weight excluding hydrogens is 168 g/mol. The van der Waals surface area contributed by atoms with Gasteiger partial charge in [-0.05, 0) is 31.6 Å². The first-order chi connectivity index (χ1) is 6.41. The fraction of sp³-hybridized carbons (Fsp3) is 0.786. The van der Waals surface area contributed by atoms with E-state index in [-0.39, 0.29) is 0 Å². The van der Waals surface area contributed by atoms with E-state index in [1.165, 1.54) is 12.3 Å². The molecule has 0 aromatic rings. The Bertz CT molecular complexity index is 170. The van der Waals surface area contributed by atoms with E-state index >= 15 is 0 Å². The van der Waals surface area contributed by atoms with Crippen LogP contribution in [-0.2, 0) is 0 Å². The van der Waals surface area contributed by atoms with E-state index < -0.39 is 0 Å². The topological polar surface area (TPSA) is 0 Å². The van der Waals surface area contributed by atoms with E-state index in [0.29, 0.717) is 5.92 Å². The Morgan fingerprint density at radius 2 is 1.57 bits per heavy atom. The molecule has 81 valence electrons. The highest BCUT2D eigenvalue weighted by Crippen LogP contribution is 2.13. The zero-order valence-electron chi connectivity index (χ0n) is 10.6. The normalized spacial score (nSPS) is 13.2. The van der Waals surface area contributed by atoms with Gasteiger partial charge in [0, 0.05) is 11.8 Å². The lowest BCUT2D eigenvalue weighted by Gasteiger charge is -2.08. The summed E-state index contributed by atoms with van der Waals surface area (Å²) in [5.41, 5.74) is 0. The second-order valence-corrected chi connectivity index (χ2v) is 5.18. The Morgan fingerprint density at radius 3 is 2.00 bits per heavy atom. The summed E-state index contributed by atoms with van der Waals surface area (Å²) in [7, 11) is 0. The van der Waals surface area contributed by atoms with Crippen LogP contribution in [0.1, 0.15) is 54.4 Å². The lowest BCUT2D eigenvalue weighted by molar-refractivity contribution is 0.513. The molecule has 0 aliphatic carbocycles. The Morgan fingerprint density at radius 1 is 1.00 bits per heavy atom. The summed E-state index contributed by atoms with van der Waals surface area (Å²) in [6.45, 7) is 13.3. The summed E-state index contributed by atoms with van der Waals surface area (Å²) < 4.78 is 0. The molecule has 0 amide bonds. The highest BCUT2D eigenvalue weighted by Gasteiger charge is 2.03. The average Bonchev–Trinajstić information content (AvgIpc) is 1.98. The summed E-state index contributed by atoms with van der Waals surface area (Å²) in [6, 6.07) is 0. The van der Waals surface area contributed by atoms with Crippen LogP contribution in [-0.4, -0.2) is 0 Å². The molecule has 0 bridgehead atoms. The van der Waals surface area contributed by atoms with E-state index in [4.69, 9.17) is 0 Å². The van der Waals surface area contributed by atoms with Gasteiger partial charge in [-0.25, -0.2) is 0 Å². The summed E-state index contributed by atoms with van der Waals surface area (Å²) in [4.78, 5) is 0. The first-order valence-corrected chi connectivity index (χ1v) is 5.75. The molecule has 0 heterocycles. The van der Waals surface area contributed by atoms with Gasteiger partial charge in [0.1, 0.15) is 0 Å². The van der Waals surface area contributed by atoms with Crippen LogP contribution in [0.4, 0.5) is 0 Å². The molecule has 0 N–H and O–H groups in total. The molecule has 1 atom stereocenters. The van der Waals surface area contributed by atoms with Crippen LogP contribution in [0.3, 0.4) is 0 Å². The van der Waals surface area contributed by atoms with Gasteiger partial charge in [0.05, 0.1) is 0 Å². The van der Waals surface area contributed by atoms with Crippen molar-refractivity contribution in [3.63, 3.8) is 0 Å². The Labute approximate surface area is 90.5 Å². The van der Waals surface area contributed by atoms with Crippen molar-refractivity contribution in [2.24, 2.45) is 17.8 Å². The van der Waals surface area contributed by atoms with Crippen molar-refractivity contribution in [1.82, 2.24) is 0 Å². The van der Waals surface area contributed by atoms with Crippen LogP contribution in [0.15, 0.2) is 0 Å². The van der Waals surface area contributed by atoms with Crippen molar-refractivity contribution in [3.05, 3.63) is 5.92 Å². The van der Waals surface area contributed by atoms with E-state index in [1.807, 2.05) is 0 Å². The number of hydrogen-bond donors (Lipinski definition) is 0. The molecule has 1 radical (unpaired) electrons. The maximum Gasteiger partial charge on any atom is 0.0451 e. The Kier molecular flexibility index (Phi) is 6.71. The van der Waals surface area contributed by atoms with Gasteiger partial charge in [-0.15, -0.1) is 0 Å². The molecule has 0 aromatic carbocycles. The van der Waals surface area contributed by atoms with Crippen LogP contribution in [0.25, 0.3) is 0 Å². The molecule has 0 aliphatic heterocycles. The van der Waals surface area contributed by atoms with Gasteiger partial charge in [0.15, 0.2) is 0 Å². The highest BCUT2D eigenvalue weighted by atomic mass is 14.1. The maximum absolute atomic E-state index is 3.33. The van der Waals surface area contributed by atoms with Gasteiger partial charge in [-0.2, -0.15) is 0 Å². The predicted molar refractivity (Wildman–Crippen MR) is 64.8 cm³/mol. The van der Waals surface area contributed by atoms with Crippen molar-refractivity contribution in [2.45, 2.75) is 54.4 Å². The molecule has 0 aromatic heterocycles. The van der Waals surface area contributed by atoms with Crippen molar-refractivity contribution in [1.29, 1.82) is 0 Å². The third-order valence-electron chi connectivity index (χ3n) is 2.07. The fourth-order valence-electron chi connectivity index (χ4n) is 1.68. The van der Waals surface area contributed by atoms with Crippen molar-refractivity contribution in [2.75, 3.05) is 0 Å². The zero-order chi connectivity index (χ0) is 11.1. The van der Waals surface area contributed by atoms with Crippen LogP contribution < -0.4 is 0 Å². The van der Waals surface area contributed by atoms with Crippen molar-refractivity contribution >= 4 is 0 Å². The highest BCUT2D eigenvalue weighted by molar-refractivity contribution is 5.20. The van der Waals surface area contributed by atoms with Crippen molar-refractivity contribution < 1.29 is 0 Å². The van der Waals surface area contributed by atoms with Gasteiger partial charge < -0.3 is 0 Å². The Hall–Kier alpha value is -0.440. The standard InChI is InChI=1S/C14H25/c1-11(2)9-13(5)7-8-14(6)10-12(3)4/h11-13H,9-10H2,1-6H3. The quantitative estimate of drug-likeness (QED) is 0.584. The smallest absolute Gasteiger partial charge is 0.0451 e. The molecule has 0 heteroatoms. The van der Waals surface area contributed by atoms with E-state index in [2.05, 4.69) is 53.4 Å². The van der Waals surface area contributed by atoms with Crippen LogP contribution in [0.5, 0.6) is 0 Å². The van der Waals surface area contributed by atoms with E-state index in [0.717, 1.165) is 18.3 Å². The van der Waals surface area contributed by atoms with E-state index in [9.17, 15) is 0 Å². The second kappa shape index (κ2) is 6.93. The molecule has 0 spiro atoms. The zero-order valence-corrected chi connectivity index (χ0v) is 10.6. The predicted octanol–water partition coefficient (Wildman–Crippen LogP) is 4.31. The summed E-state index contributed by atoms with van der Waals surface area (Å²) in [5.74, 6) is 9.97. The van der Waals surface area contributed by atoms with Crippen LogP contribution in [0.2, 0.25) is 0 Å². The third kappa shape index (κ3) is 8.17. The van der Waals surface area contributed by atoms with Gasteiger partial charge in [0.25, 0.3) is 0 Å². The summed E-state index contributed by atoms with van der Waals surface area (Å²) in [6.07, 6.45) is 2.35. The van der Waals surface area contributed by atoms with Crippen molar-refractivity contribution in [3.8, 4) is 11.8 Å². The monoisotopic (exact) mass is 193 g/mol. The molecule has 0 saturated heterocycles. The lowest BCUT2D eigenvalue weighted by Crippen LogP contribution is -1.99. The fourth-order valence-corrected chi connectivity index (χ4v) is 1.68. The molecule has 0 saturated carbocycles. The molecule has 0 aliphatic rings. The molecule has 0 rings (SSSR count). The number of rotatable bonds is 4. The third-order valence-corrected chi connectivity index (χ3v) is 2.07. The maximum atomic E-state index is 3.33. The summed E-state index contributed by atoms with van der Waals surface area (Å²) >= 11 is 0. The average molecular weight is 193 g/mol. The Balaban J connectivity index is 3.89. The molecule has 14 heavy (non-hydrogen) atoms. The van der Waals surface area contributed by atoms with Crippen LogP contribution in [0, 0.1) is 35.5 Å². The summed E-state index contributed by atoms with van der Waals surface area (Å²) in [5, 5.41) is 0. The molecular formula is C14H25. The van der Waals surface area contributed by atoms with E-state index in [1.54, 1.807) is 0 Å². The first kappa shape index (κ1) is 13.6. The number of hydrogen-bond acceptors (Lipinski definition) is 0. The minimum Gasteiger partial charge on any atom is -0.0996 e. The largest absolute Gasteiger partial charge is 0.0996 e. The van der Waals surface area contributed by atoms with Gasteiger partial charge >= 0.3 is 0 Å². The second-order valence-electron chi connectivity index (χ2n) is 5.18. The minimum absolute atomic E-state index is 0.539.